The highest BCUT2D eigenvalue weighted by Gasteiger charge is 2.26. The molecule has 1 aliphatic rings. The van der Waals surface area contributed by atoms with Gasteiger partial charge in [0.25, 0.3) is 0 Å². The van der Waals surface area contributed by atoms with Crippen LogP contribution in [-0.2, 0) is 4.74 Å². The molecule has 1 fully saturated rings. The van der Waals surface area contributed by atoms with E-state index in [-0.39, 0.29) is 0 Å². The van der Waals surface area contributed by atoms with Crippen molar-refractivity contribution in [2.24, 2.45) is 0 Å². The third kappa shape index (κ3) is 3.77. The van der Waals surface area contributed by atoms with Crippen LogP contribution in [0.2, 0.25) is 0 Å². The lowest BCUT2D eigenvalue weighted by Crippen LogP contribution is -2.39. The van der Waals surface area contributed by atoms with Gasteiger partial charge >= 0.3 is 0 Å². The summed E-state index contributed by atoms with van der Waals surface area (Å²) in [4.78, 5) is 10.5. The summed E-state index contributed by atoms with van der Waals surface area (Å²) in [5, 5.41) is 8.16. The van der Waals surface area contributed by atoms with E-state index in [9.17, 15) is 0 Å². The van der Waals surface area contributed by atoms with E-state index < -0.39 is 0 Å². The first kappa shape index (κ1) is 18.2. The molecule has 3 heterocycles. The fourth-order valence-corrected chi connectivity index (χ4v) is 4.46. The Morgan fingerprint density at radius 1 is 1.19 bits per heavy atom. The van der Waals surface area contributed by atoms with Crippen molar-refractivity contribution in [3.8, 4) is 11.1 Å². The van der Waals surface area contributed by atoms with Gasteiger partial charge in [-0.05, 0) is 49.8 Å². The maximum atomic E-state index is 5.27. The fourth-order valence-electron chi connectivity index (χ4n) is 4.46. The van der Waals surface area contributed by atoms with Gasteiger partial charge in [-0.3, -0.25) is 10.00 Å². The van der Waals surface area contributed by atoms with Crippen LogP contribution in [0.1, 0.15) is 44.1 Å². The Morgan fingerprint density at radius 2 is 2.04 bits per heavy atom. The van der Waals surface area contributed by atoms with Crippen molar-refractivity contribution in [3.05, 3.63) is 36.4 Å². The zero-order chi connectivity index (χ0) is 18.6. The van der Waals surface area contributed by atoms with Gasteiger partial charge in [0.15, 0.2) is 0 Å². The highest BCUT2D eigenvalue weighted by molar-refractivity contribution is 5.93. The molecule has 0 aliphatic heterocycles. The van der Waals surface area contributed by atoms with E-state index in [0.717, 1.165) is 30.9 Å². The minimum atomic E-state index is 0.603. The Morgan fingerprint density at radius 3 is 2.74 bits per heavy atom. The summed E-state index contributed by atoms with van der Waals surface area (Å²) in [5.74, 6) is 0.603. The maximum Gasteiger partial charge on any atom is 0.137 e. The minimum Gasteiger partial charge on any atom is -0.383 e. The zero-order valence-corrected chi connectivity index (χ0v) is 16.2. The van der Waals surface area contributed by atoms with Crippen molar-refractivity contribution in [2.45, 2.75) is 44.6 Å². The van der Waals surface area contributed by atoms with Crippen molar-refractivity contribution in [3.63, 3.8) is 0 Å². The molecular formula is C21H29N5O. The molecule has 0 spiro atoms. The molecule has 0 saturated heterocycles. The van der Waals surface area contributed by atoms with Gasteiger partial charge in [-0.15, -0.1) is 0 Å². The smallest absolute Gasteiger partial charge is 0.137 e. The van der Waals surface area contributed by atoms with Gasteiger partial charge in [-0.2, -0.15) is 5.10 Å². The van der Waals surface area contributed by atoms with Crippen LogP contribution in [0.4, 0.5) is 0 Å². The van der Waals surface area contributed by atoms with Crippen LogP contribution in [0.3, 0.4) is 0 Å². The number of fused-ring (bicyclic) bond motifs is 1. The highest BCUT2D eigenvalue weighted by atomic mass is 16.5. The average Bonchev–Trinajstić information content (AvgIpc) is 3.38. The molecule has 1 aliphatic carbocycles. The van der Waals surface area contributed by atoms with Gasteiger partial charge in [0.2, 0.25) is 0 Å². The highest BCUT2D eigenvalue weighted by Crippen LogP contribution is 2.36. The van der Waals surface area contributed by atoms with Crippen LogP contribution in [0.15, 0.2) is 30.9 Å². The molecule has 4 rings (SSSR count). The van der Waals surface area contributed by atoms with Gasteiger partial charge in [-0.25, -0.2) is 4.98 Å². The van der Waals surface area contributed by atoms with Crippen LogP contribution in [-0.4, -0.2) is 57.9 Å². The summed E-state index contributed by atoms with van der Waals surface area (Å²) < 4.78 is 5.27. The van der Waals surface area contributed by atoms with Gasteiger partial charge in [-0.1, -0.05) is 6.92 Å². The Labute approximate surface area is 160 Å². The average molecular weight is 367 g/mol. The third-order valence-electron chi connectivity index (χ3n) is 6.03. The number of ether oxygens (including phenoxy) is 1. The zero-order valence-electron chi connectivity index (χ0n) is 16.2. The second-order valence-electron chi connectivity index (χ2n) is 7.48. The largest absolute Gasteiger partial charge is 0.383 e. The van der Waals surface area contributed by atoms with E-state index in [0.29, 0.717) is 12.0 Å². The Bertz CT molecular complexity index is 849. The molecule has 3 aromatic heterocycles. The fraction of sp³-hybridized carbons (Fsp3) is 0.524. The van der Waals surface area contributed by atoms with Crippen LogP contribution in [0.5, 0.6) is 0 Å². The number of nitrogens with one attached hydrogen (secondary N) is 2. The number of hydrogen-bond donors (Lipinski definition) is 2. The van der Waals surface area contributed by atoms with E-state index in [1.54, 1.807) is 7.11 Å². The Kier molecular flexibility index (Phi) is 5.55. The predicted molar refractivity (Wildman–Crippen MR) is 108 cm³/mol. The predicted octanol–water partition coefficient (Wildman–Crippen LogP) is 3.95. The molecule has 144 valence electrons. The normalized spacial score (nSPS) is 20.6. The van der Waals surface area contributed by atoms with Crippen LogP contribution < -0.4 is 0 Å². The summed E-state index contributed by atoms with van der Waals surface area (Å²) in [7, 11) is 1.78. The topological polar surface area (TPSA) is 69.8 Å². The second kappa shape index (κ2) is 8.23. The van der Waals surface area contributed by atoms with E-state index in [4.69, 9.17) is 4.74 Å². The standard InChI is InChI=1S/C21H29N5O/c1-3-26(8-9-27-2)18-6-4-15(5-7-18)16-10-19-20(17-12-24-25-13-17)14-23-21(19)22-11-16/h10-15,18H,3-9H2,1-2H3,(H,22,23)(H,24,25). The first-order valence-electron chi connectivity index (χ1n) is 9.99. The third-order valence-corrected chi connectivity index (χ3v) is 6.03. The lowest BCUT2D eigenvalue weighted by Gasteiger charge is -2.36. The summed E-state index contributed by atoms with van der Waals surface area (Å²) in [6.45, 7) is 5.21. The number of rotatable bonds is 7. The van der Waals surface area contributed by atoms with E-state index in [1.807, 2.05) is 18.6 Å². The number of likely N-dealkylation sites (N-methyl/N-ethyl adjacent to an activating group) is 1. The van der Waals surface area contributed by atoms with Gasteiger partial charge in [0, 0.05) is 54.8 Å². The number of pyridine rings is 1. The number of aromatic nitrogens is 4. The minimum absolute atomic E-state index is 0.603. The number of hydrogen-bond acceptors (Lipinski definition) is 4. The summed E-state index contributed by atoms with van der Waals surface area (Å²) in [6, 6.07) is 3.01. The maximum absolute atomic E-state index is 5.27. The first-order valence-corrected chi connectivity index (χ1v) is 9.99. The summed E-state index contributed by atoms with van der Waals surface area (Å²) in [5.41, 5.74) is 4.57. The van der Waals surface area contributed by atoms with Crippen LogP contribution in [0, 0.1) is 0 Å². The van der Waals surface area contributed by atoms with E-state index in [1.165, 1.54) is 42.2 Å². The molecule has 0 bridgehead atoms. The monoisotopic (exact) mass is 367 g/mol. The van der Waals surface area contributed by atoms with Gasteiger partial charge < -0.3 is 9.72 Å². The van der Waals surface area contributed by atoms with Crippen molar-refractivity contribution >= 4 is 11.0 Å². The SMILES string of the molecule is CCN(CCOC)C1CCC(c2cnc3[nH]cc(-c4cn[nH]c4)c3c2)CC1. The molecular weight excluding hydrogens is 338 g/mol. The molecule has 6 heteroatoms. The molecule has 6 nitrogen and oxygen atoms in total. The number of methoxy groups -OCH3 is 1. The molecule has 0 radical (unpaired) electrons. The van der Waals surface area contributed by atoms with Crippen molar-refractivity contribution < 1.29 is 4.74 Å². The summed E-state index contributed by atoms with van der Waals surface area (Å²) in [6.07, 6.45) is 12.8. The molecule has 0 unspecified atom stereocenters. The van der Waals surface area contributed by atoms with Crippen LogP contribution in [0.25, 0.3) is 22.2 Å². The summed E-state index contributed by atoms with van der Waals surface area (Å²) >= 11 is 0. The lowest BCUT2D eigenvalue weighted by molar-refractivity contribution is 0.103. The van der Waals surface area contributed by atoms with Crippen molar-refractivity contribution in [2.75, 3.05) is 26.8 Å². The molecule has 1 saturated carbocycles. The van der Waals surface area contributed by atoms with E-state index >= 15 is 0 Å². The van der Waals surface area contributed by atoms with Gasteiger partial charge in [0.05, 0.1) is 12.8 Å². The molecule has 0 amide bonds. The molecule has 0 aromatic carbocycles. The molecule has 2 N–H and O–H groups in total. The molecule has 0 atom stereocenters. The molecule has 3 aromatic rings. The number of H-pyrrole nitrogens is 2. The lowest BCUT2D eigenvalue weighted by atomic mass is 9.81. The van der Waals surface area contributed by atoms with E-state index in [2.05, 4.69) is 44.3 Å². The van der Waals surface area contributed by atoms with Gasteiger partial charge in [0.1, 0.15) is 5.65 Å². The first-order chi connectivity index (χ1) is 13.3. The Balaban J connectivity index is 1.48. The number of nitrogens with zero attached hydrogens (tertiary/aromatic N) is 3. The van der Waals surface area contributed by atoms with Crippen molar-refractivity contribution in [1.82, 2.24) is 25.1 Å². The Hall–Kier alpha value is -2.18. The van der Waals surface area contributed by atoms with Crippen molar-refractivity contribution in [1.29, 1.82) is 0 Å². The quantitative estimate of drug-likeness (QED) is 0.663. The second-order valence-corrected chi connectivity index (χ2v) is 7.48. The van der Waals surface area contributed by atoms with Crippen LogP contribution >= 0.6 is 0 Å². The molecule has 27 heavy (non-hydrogen) atoms. The number of aromatic amines is 2.